The fourth-order valence-corrected chi connectivity index (χ4v) is 3.26. The molecule has 7 nitrogen and oxygen atoms in total. The van der Waals surface area contributed by atoms with E-state index in [1.165, 1.54) is 12.6 Å². The third-order valence-corrected chi connectivity index (χ3v) is 4.70. The van der Waals surface area contributed by atoms with Crippen molar-refractivity contribution >= 4 is 5.91 Å². The summed E-state index contributed by atoms with van der Waals surface area (Å²) in [5.74, 6) is 0.788. The van der Waals surface area contributed by atoms with E-state index in [4.69, 9.17) is 4.52 Å². The van der Waals surface area contributed by atoms with Crippen LogP contribution in [0.15, 0.2) is 23.1 Å². The van der Waals surface area contributed by atoms with E-state index >= 15 is 0 Å². The first-order valence-corrected chi connectivity index (χ1v) is 7.11. The van der Waals surface area contributed by atoms with Crippen LogP contribution in [0.2, 0.25) is 0 Å². The van der Waals surface area contributed by atoms with E-state index < -0.39 is 0 Å². The summed E-state index contributed by atoms with van der Waals surface area (Å²) in [6, 6.07) is 0. The van der Waals surface area contributed by atoms with Gasteiger partial charge in [-0.05, 0) is 24.2 Å². The van der Waals surface area contributed by atoms with Crippen LogP contribution in [-0.2, 0) is 0 Å². The first-order chi connectivity index (χ1) is 10.2. The Labute approximate surface area is 121 Å². The molecule has 2 atom stereocenters. The van der Waals surface area contributed by atoms with Crippen molar-refractivity contribution in [3.05, 3.63) is 24.5 Å². The molecule has 1 saturated carbocycles. The minimum atomic E-state index is -0.183. The summed E-state index contributed by atoms with van der Waals surface area (Å²) in [7, 11) is 0. The van der Waals surface area contributed by atoms with Gasteiger partial charge in [-0.3, -0.25) is 9.78 Å². The number of aromatic nitrogens is 4. The molecule has 2 aromatic heterocycles. The van der Waals surface area contributed by atoms with Crippen molar-refractivity contribution in [1.29, 1.82) is 0 Å². The molecule has 1 saturated heterocycles. The van der Waals surface area contributed by atoms with E-state index in [1.807, 2.05) is 4.90 Å². The van der Waals surface area contributed by atoms with Crippen LogP contribution in [-0.4, -0.2) is 44.0 Å². The third-order valence-electron chi connectivity index (χ3n) is 4.70. The van der Waals surface area contributed by atoms with Crippen molar-refractivity contribution in [2.45, 2.75) is 19.8 Å². The Kier molecular flexibility index (Phi) is 2.57. The number of carbonyl (C=O) groups excluding carboxylic acids is 1. The summed E-state index contributed by atoms with van der Waals surface area (Å²) in [5.41, 5.74) is 0.846. The zero-order chi connectivity index (χ0) is 14.4. The fourth-order valence-electron chi connectivity index (χ4n) is 3.26. The molecule has 1 aliphatic carbocycles. The minimum absolute atomic E-state index is 0.0307. The molecule has 0 N–H and O–H groups in total. The highest BCUT2D eigenvalue weighted by Gasteiger charge is 2.59. The molecule has 2 fully saturated rings. The van der Waals surface area contributed by atoms with E-state index in [9.17, 15) is 4.79 Å². The maximum atomic E-state index is 12.4. The van der Waals surface area contributed by atoms with E-state index in [-0.39, 0.29) is 11.8 Å². The lowest BCUT2D eigenvalue weighted by molar-refractivity contribution is 0.0714. The van der Waals surface area contributed by atoms with Crippen LogP contribution in [0, 0.1) is 11.3 Å². The first kappa shape index (κ1) is 12.4. The maximum Gasteiger partial charge on any atom is 0.316 e. The molecule has 1 amide bonds. The van der Waals surface area contributed by atoms with Gasteiger partial charge in [0.15, 0.2) is 0 Å². The molecule has 0 aromatic carbocycles. The van der Waals surface area contributed by atoms with Crippen LogP contribution in [0.1, 0.15) is 30.5 Å². The fraction of sp³-hybridized carbons (Fsp3) is 0.500. The van der Waals surface area contributed by atoms with Crippen LogP contribution in [0.25, 0.3) is 11.5 Å². The number of hydrogen-bond acceptors (Lipinski definition) is 6. The van der Waals surface area contributed by atoms with Gasteiger partial charge in [0.25, 0.3) is 0 Å². The zero-order valence-electron chi connectivity index (χ0n) is 11.7. The molecule has 0 unspecified atom stereocenters. The quantitative estimate of drug-likeness (QED) is 0.847. The summed E-state index contributed by atoms with van der Waals surface area (Å²) in [4.78, 5) is 26.4. The molecule has 1 aliphatic heterocycles. The van der Waals surface area contributed by atoms with Crippen LogP contribution in [0.4, 0.5) is 0 Å². The molecule has 0 radical (unpaired) electrons. The number of likely N-dealkylation sites (tertiary alicyclic amines) is 1. The Bertz CT molecular complexity index is 682. The molecule has 2 aliphatic rings. The lowest BCUT2D eigenvalue weighted by atomic mass is 10.0. The molecule has 21 heavy (non-hydrogen) atoms. The van der Waals surface area contributed by atoms with Crippen LogP contribution < -0.4 is 0 Å². The molecular formula is C14H15N5O2. The monoisotopic (exact) mass is 285 g/mol. The molecule has 2 aromatic rings. The highest BCUT2D eigenvalue weighted by Crippen LogP contribution is 2.59. The van der Waals surface area contributed by atoms with Gasteiger partial charge < -0.3 is 9.42 Å². The van der Waals surface area contributed by atoms with Gasteiger partial charge in [-0.2, -0.15) is 4.98 Å². The SMILES string of the molecule is CC[C@]12C[C@H]1CN(C(=O)c1nc(-c3cnccn3)no1)C2. The summed E-state index contributed by atoms with van der Waals surface area (Å²) in [6.07, 6.45) is 7.01. The van der Waals surface area contributed by atoms with Gasteiger partial charge in [0, 0.05) is 25.5 Å². The molecular weight excluding hydrogens is 270 g/mol. The standard InChI is InChI=1S/C14H15N5O2/c1-2-14-5-9(14)7-19(8-14)13(20)12-17-11(18-21-12)10-6-15-3-4-16-10/h3-4,6,9H,2,5,7-8H2,1H3/t9-,14+/m0/s1. The Morgan fingerprint density at radius 1 is 1.52 bits per heavy atom. The molecule has 0 spiro atoms. The van der Waals surface area contributed by atoms with Crippen molar-refractivity contribution in [2.24, 2.45) is 11.3 Å². The second kappa shape index (κ2) is 4.34. The summed E-state index contributed by atoms with van der Waals surface area (Å²) in [6.45, 7) is 3.79. The van der Waals surface area contributed by atoms with E-state index in [2.05, 4.69) is 27.0 Å². The third kappa shape index (κ3) is 1.91. The summed E-state index contributed by atoms with van der Waals surface area (Å²) < 4.78 is 5.09. The molecule has 108 valence electrons. The van der Waals surface area contributed by atoms with Crippen LogP contribution in [0.5, 0.6) is 0 Å². The highest BCUT2D eigenvalue weighted by atomic mass is 16.5. The average Bonchev–Trinajstić information content (AvgIpc) is 2.93. The predicted molar refractivity (Wildman–Crippen MR) is 72.1 cm³/mol. The molecule has 4 rings (SSSR count). The van der Waals surface area contributed by atoms with Gasteiger partial charge in [0.05, 0.1) is 6.20 Å². The Morgan fingerprint density at radius 3 is 3.14 bits per heavy atom. The van der Waals surface area contributed by atoms with Crippen molar-refractivity contribution in [2.75, 3.05) is 13.1 Å². The van der Waals surface area contributed by atoms with E-state index in [0.717, 1.165) is 19.5 Å². The van der Waals surface area contributed by atoms with Gasteiger partial charge in [-0.25, -0.2) is 4.98 Å². The minimum Gasteiger partial charge on any atom is -0.334 e. The molecule has 7 heteroatoms. The van der Waals surface area contributed by atoms with E-state index in [0.29, 0.717) is 22.9 Å². The van der Waals surface area contributed by atoms with Gasteiger partial charge in [-0.15, -0.1) is 0 Å². The molecule has 0 bridgehead atoms. The van der Waals surface area contributed by atoms with Crippen molar-refractivity contribution in [1.82, 2.24) is 25.0 Å². The highest BCUT2D eigenvalue weighted by molar-refractivity contribution is 5.90. The van der Waals surface area contributed by atoms with Crippen molar-refractivity contribution in [3.63, 3.8) is 0 Å². The number of nitrogens with zero attached hydrogens (tertiary/aromatic N) is 5. The van der Waals surface area contributed by atoms with Gasteiger partial charge >= 0.3 is 11.8 Å². The van der Waals surface area contributed by atoms with Gasteiger partial charge in [0.2, 0.25) is 5.82 Å². The second-order valence-corrected chi connectivity index (χ2v) is 5.82. The number of amides is 1. The number of piperidine rings is 1. The number of carbonyl (C=O) groups is 1. The Balaban J connectivity index is 1.53. The van der Waals surface area contributed by atoms with Gasteiger partial charge in [0.1, 0.15) is 5.69 Å². The first-order valence-electron chi connectivity index (χ1n) is 7.11. The average molecular weight is 285 g/mol. The van der Waals surface area contributed by atoms with Crippen molar-refractivity contribution < 1.29 is 9.32 Å². The van der Waals surface area contributed by atoms with Crippen LogP contribution >= 0.6 is 0 Å². The summed E-state index contributed by atoms with van der Waals surface area (Å²) >= 11 is 0. The largest absolute Gasteiger partial charge is 0.334 e. The van der Waals surface area contributed by atoms with Crippen LogP contribution in [0.3, 0.4) is 0 Å². The summed E-state index contributed by atoms with van der Waals surface area (Å²) in [5, 5.41) is 3.81. The lowest BCUT2D eigenvalue weighted by Crippen LogP contribution is -2.32. The topological polar surface area (TPSA) is 85.0 Å². The number of fused-ring (bicyclic) bond motifs is 1. The van der Waals surface area contributed by atoms with E-state index in [1.54, 1.807) is 12.4 Å². The lowest BCUT2D eigenvalue weighted by Gasteiger charge is -2.18. The number of hydrogen-bond donors (Lipinski definition) is 0. The smallest absolute Gasteiger partial charge is 0.316 e. The maximum absolute atomic E-state index is 12.4. The Morgan fingerprint density at radius 2 is 2.43 bits per heavy atom. The van der Waals surface area contributed by atoms with Crippen molar-refractivity contribution in [3.8, 4) is 11.5 Å². The normalized spacial score (nSPS) is 26.7. The molecule has 3 heterocycles. The second-order valence-electron chi connectivity index (χ2n) is 5.82. The zero-order valence-corrected chi connectivity index (χ0v) is 11.7. The Hall–Kier alpha value is -2.31. The number of rotatable bonds is 3. The van der Waals surface area contributed by atoms with Gasteiger partial charge in [-0.1, -0.05) is 12.1 Å². The predicted octanol–water partition coefficient (Wildman–Crippen LogP) is 1.40.